The van der Waals surface area contributed by atoms with Crippen LogP contribution in [0, 0.1) is 0 Å². The van der Waals surface area contributed by atoms with Gasteiger partial charge in [0.25, 0.3) is 0 Å². The minimum Gasteiger partial charge on any atom is -0.377 e. The third kappa shape index (κ3) is 4.60. The van der Waals surface area contributed by atoms with Gasteiger partial charge >= 0.3 is 17.6 Å². The molecule has 0 aromatic carbocycles. The Morgan fingerprint density at radius 3 is 1.42 bits per heavy atom. The van der Waals surface area contributed by atoms with Crippen molar-refractivity contribution < 1.29 is 26.6 Å². The Balaban J connectivity index is 4.81. The third-order valence-electron chi connectivity index (χ3n) is 3.58. The first kappa shape index (κ1) is 19.2. The number of hydrogen-bond acceptors (Lipinski definition) is 6. The van der Waals surface area contributed by atoms with Crippen LogP contribution in [0.15, 0.2) is 0 Å². The van der Waals surface area contributed by atoms with E-state index in [0.717, 1.165) is 12.8 Å². The third-order valence-corrected chi connectivity index (χ3v) is 9.75. The lowest BCUT2D eigenvalue weighted by Gasteiger charge is -2.33. The molecule has 8 heteroatoms. The fraction of sp³-hybridized carbons (Fsp3) is 1.00. The second-order valence-electron chi connectivity index (χ2n) is 4.16. The molecular formula is C11H28O6Si2. The zero-order chi connectivity index (χ0) is 14.9. The van der Waals surface area contributed by atoms with E-state index in [2.05, 4.69) is 6.92 Å². The summed E-state index contributed by atoms with van der Waals surface area (Å²) in [6, 6.07) is 0.708. The maximum atomic E-state index is 5.54. The molecular weight excluding hydrogens is 284 g/mol. The summed E-state index contributed by atoms with van der Waals surface area (Å²) in [7, 11) is 4.57. The van der Waals surface area contributed by atoms with E-state index >= 15 is 0 Å². The molecule has 0 aliphatic rings. The Hall–Kier alpha value is 0.194. The van der Waals surface area contributed by atoms with E-state index < -0.39 is 17.6 Å². The highest BCUT2D eigenvalue weighted by atomic mass is 28.4. The topological polar surface area (TPSA) is 55.4 Å². The van der Waals surface area contributed by atoms with E-state index in [1.165, 1.54) is 0 Å². The van der Waals surface area contributed by atoms with Gasteiger partial charge in [-0.3, -0.25) is 0 Å². The fourth-order valence-corrected chi connectivity index (χ4v) is 6.89. The van der Waals surface area contributed by atoms with Crippen molar-refractivity contribution >= 4 is 17.6 Å². The minimum atomic E-state index is -2.63. The Bertz CT molecular complexity index is 217. The van der Waals surface area contributed by atoms with E-state index in [0.29, 0.717) is 6.04 Å². The first-order valence-corrected chi connectivity index (χ1v) is 10.1. The SMILES string of the molecule is CCC(CC[Si](OC)(OC)OC)[Si](OC)(OC)OC. The minimum absolute atomic E-state index is 0.194. The molecule has 116 valence electrons. The van der Waals surface area contributed by atoms with Crippen molar-refractivity contribution in [3.8, 4) is 0 Å². The Morgan fingerprint density at radius 2 is 1.16 bits per heavy atom. The Morgan fingerprint density at radius 1 is 0.737 bits per heavy atom. The summed E-state index contributed by atoms with van der Waals surface area (Å²) < 4.78 is 32.9. The first-order chi connectivity index (χ1) is 9.03. The van der Waals surface area contributed by atoms with Gasteiger partial charge in [-0.15, -0.1) is 0 Å². The molecule has 0 amide bonds. The van der Waals surface area contributed by atoms with Crippen LogP contribution < -0.4 is 0 Å². The Kier molecular flexibility index (Phi) is 9.28. The van der Waals surface area contributed by atoms with Crippen molar-refractivity contribution in [1.82, 2.24) is 0 Å². The number of rotatable bonds is 11. The van der Waals surface area contributed by atoms with Crippen LogP contribution in [0.3, 0.4) is 0 Å². The summed E-state index contributed by atoms with van der Waals surface area (Å²) in [5.74, 6) is 0. The summed E-state index contributed by atoms with van der Waals surface area (Å²) in [6.07, 6.45) is 1.73. The fourth-order valence-electron chi connectivity index (χ4n) is 2.29. The van der Waals surface area contributed by atoms with Crippen molar-refractivity contribution in [3.05, 3.63) is 0 Å². The molecule has 0 heterocycles. The van der Waals surface area contributed by atoms with E-state index in [1.54, 1.807) is 42.7 Å². The van der Waals surface area contributed by atoms with Crippen LogP contribution in [-0.4, -0.2) is 60.3 Å². The van der Waals surface area contributed by atoms with E-state index in [1.807, 2.05) is 0 Å². The lowest BCUT2D eigenvalue weighted by molar-refractivity contribution is 0.104. The smallest absolute Gasteiger partial charge is 0.377 e. The molecule has 0 bridgehead atoms. The Labute approximate surface area is 119 Å². The summed E-state index contributed by atoms with van der Waals surface area (Å²) in [6.45, 7) is 2.10. The second-order valence-corrected chi connectivity index (χ2v) is 10.5. The van der Waals surface area contributed by atoms with Crippen molar-refractivity contribution in [2.75, 3.05) is 42.7 Å². The van der Waals surface area contributed by atoms with Crippen LogP contribution >= 0.6 is 0 Å². The van der Waals surface area contributed by atoms with Gasteiger partial charge in [0.1, 0.15) is 0 Å². The highest BCUT2D eigenvalue weighted by Gasteiger charge is 2.48. The van der Waals surface area contributed by atoms with Crippen LogP contribution in [0.4, 0.5) is 0 Å². The molecule has 0 aromatic rings. The van der Waals surface area contributed by atoms with Crippen molar-refractivity contribution in [3.63, 3.8) is 0 Å². The average Bonchev–Trinajstić information content (AvgIpc) is 2.48. The standard InChI is InChI=1S/C11H28O6Si2/c1-8-11(19(15-5,16-6)17-7)9-10-18(12-2,13-3)14-4/h11H,8-10H2,1-7H3. The molecule has 0 aromatic heterocycles. The highest BCUT2D eigenvalue weighted by molar-refractivity contribution is 6.63. The molecule has 0 saturated carbocycles. The molecule has 1 unspecified atom stereocenters. The summed E-state index contributed by atoms with van der Waals surface area (Å²) in [4.78, 5) is 0. The van der Waals surface area contributed by atoms with Gasteiger partial charge < -0.3 is 26.6 Å². The second kappa shape index (κ2) is 9.19. The molecule has 6 nitrogen and oxygen atoms in total. The van der Waals surface area contributed by atoms with Gasteiger partial charge in [-0.05, 0) is 12.8 Å². The highest BCUT2D eigenvalue weighted by Crippen LogP contribution is 2.34. The van der Waals surface area contributed by atoms with Gasteiger partial charge in [-0.25, -0.2) is 0 Å². The zero-order valence-corrected chi connectivity index (χ0v) is 15.1. The van der Waals surface area contributed by atoms with Crippen molar-refractivity contribution in [2.24, 2.45) is 0 Å². The molecule has 0 spiro atoms. The largest absolute Gasteiger partial charge is 0.503 e. The normalized spacial score (nSPS) is 14.7. The molecule has 0 fully saturated rings. The molecule has 0 aliphatic carbocycles. The van der Waals surface area contributed by atoms with Gasteiger partial charge in [-0.1, -0.05) is 6.92 Å². The predicted molar refractivity (Wildman–Crippen MR) is 77.0 cm³/mol. The van der Waals surface area contributed by atoms with Crippen LogP contribution in [0.25, 0.3) is 0 Å². The van der Waals surface area contributed by atoms with Crippen LogP contribution in [-0.2, 0) is 26.6 Å². The summed E-state index contributed by atoms with van der Waals surface area (Å²) in [5.41, 5.74) is 0.194. The van der Waals surface area contributed by atoms with Crippen molar-refractivity contribution in [1.29, 1.82) is 0 Å². The van der Waals surface area contributed by atoms with Gasteiger partial charge in [-0.2, -0.15) is 0 Å². The van der Waals surface area contributed by atoms with Crippen molar-refractivity contribution in [2.45, 2.75) is 31.4 Å². The molecule has 1 atom stereocenters. The van der Waals surface area contributed by atoms with E-state index in [9.17, 15) is 0 Å². The number of hydrogen-bond donors (Lipinski definition) is 0. The van der Waals surface area contributed by atoms with Crippen LogP contribution in [0.1, 0.15) is 19.8 Å². The molecule has 0 radical (unpaired) electrons. The van der Waals surface area contributed by atoms with Gasteiger partial charge in [0.15, 0.2) is 0 Å². The molecule has 19 heavy (non-hydrogen) atoms. The summed E-state index contributed by atoms with van der Waals surface area (Å²) >= 11 is 0. The predicted octanol–water partition coefficient (Wildman–Crippen LogP) is 1.91. The zero-order valence-electron chi connectivity index (χ0n) is 13.1. The average molecular weight is 313 g/mol. The molecule has 0 N–H and O–H groups in total. The van der Waals surface area contributed by atoms with Crippen LogP contribution in [0.2, 0.25) is 11.6 Å². The van der Waals surface area contributed by atoms with Gasteiger partial charge in [0.2, 0.25) is 0 Å². The maximum absolute atomic E-state index is 5.54. The monoisotopic (exact) mass is 312 g/mol. The molecule has 0 aliphatic heterocycles. The quantitative estimate of drug-likeness (QED) is 0.543. The molecule has 0 saturated heterocycles. The summed E-state index contributed by atoms with van der Waals surface area (Å²) in [5, 5.41) is 0. The first-order valence-electron chi connectivity index (χ1n) is 6.34. The molecule has 0 rings (SSSR count). The van der Waals surface area contributed by atoms with E-state index in [-0.39, 0.29) is 5.54 Å². The lowest BCUT2D eigenvalue weighted by atomic mass is 10.3. The van der Waals surface area contributed by atoms with Gasteiger partial charge in [0, 0.05) is 54.2 Å². The van der Waals surface area contributed by atoms with Gasteiger partial charge in [0.05, 0.1) is 0 Å². The maximum Gasteiger partial charge on any atom is 0.503 e. The van der Waals surface area contributed by atoms with Crippen LogP contribution in [0.5, 0.6) is 0 Å². The van der Waals surface area contributed by atoms with E-state index in [4.69, 9.17) is 26.6 Å². The lowest BCUT2D eigenvalue weighted by Crippen LogP contribution is -2.49.